The van der Waals surface area contributed by atoms with Crippen LogP contribution in [0, 0.1) is 13.8 Å². The first kappa shape index (κ1) is 15.2. The van der Waals surface area contributed by atoms with Gasteiger partial charge in [0.2, 0.25) is 5.16 Å². The highest BCUT2D eigenvalue weighted by Crippen LogP contribution is 2.17. The van der Waals surface area contributed by atoms with E-state index in [0.29, 0.717) is 17.1 Å². The molecule has 0 aromatic carbocycles. The van der Waals surface area contributed by atoms with Crippen LogP contribution in [0.5, 0.6) is 0 Å². The fraction of sp³-hybridized carbons (Fsp3) is 0.214. The van der Waals surface area contributed by atoms with Crippen LogP contribution in [-0.4, -0.2) is 24.3 Å². The summed E-state index contributed by atoms with van der Waals surface area (Å²) in [5.41, 5.74) is 1.80. The molecule has 0 spiro atoms. The highest BCUT2D eigenvalue weighted by Gasteiger charge is 2.09. The Labute approximate surface area is 135 Å². The molecule has 0 aliphatic rings. The molecular formula is C14H14N6O2S. The number of hydrogen-bond acceptors (Lipinski definition) is 7. The molecule has 8 nitrogen and oxygen atoms in total. The lowest BCUT2D eigenvalue weighted by atomic mass is 10.3. The molecule has 0 saturated carbocycles. The second-order valence-corrected chi connectivity index (χ2v) is 5.99. The zero-order chi connectivity index (χ0) is 16.6. The zero-order valence-corrected chi connectivity index (χ0v) is 13.4. The average Bonchev–Trinajstić information content (AvgIpc) is 2.53. The Hall–Kier alpha value is -2.68. The first-order valence-electron chi connectivity index (χ1n) is 6.79. The minimum atomic E-state index is -0.399. The predicted octanol–water partition coefficient (Wildman–Crippen LogP) is 0.269. The summed E-state index contributed by atoms with van der Waals surface area (Å²) in [5.74, 6) is 6.03. The summed E-state index contributed by atoms with van der Waals surface area (Å²) in [7, 11) is 0. The number of aryl methyl sites for hydroxylation is 2. The Morgan fingerprint density at radius 1 is 1.22 bits per heavy atom. The second kappa shape index (κ2) is 5.84. The highest BCUT2D eigenvalue weighted by molar-refractivity contribution is 7.98. The fourth-order valence-electron chi connectivity index (χ4n) is 2.04. The quantitative estimate of drug-likeness (QED) is 0.542. The van der Waals surface area contributed by atoms with Gasteiger partial charge in [0.05, 0.1) is 5.69 Å². The van der Waals surface area contributed by atoms with E-state index in [1.165, 1.54) is 22.2 Å². The maximum Gasteiger partial charge on any atom is 0.294 e. The molecule has 0 bridgehead atoms. The van der Waals surface area contributed by atoms with E-state index >= 15 is 0 Å². The van der Waals surface area contributed by atoms with Crippen molar-refractivity contribution in [3.05, 3.63) is 62.1 Å². The molecule has 0 aliphatic carbocycles. The van der Waals surface area contributed by atoms with Gasteiger partial charge in [-0.05, 0) is 25.5 Å². The highest BCUT2D eigenvalue weighted by atomic mass is 32.2. The first-order valence-corrected chi connectivity index (χ1v) is 7.77. The molecule has 0 fully saturated rings. The standard InChI is InChI=1S/C14H14N6O2S/c1-8-3-4-11-16-10(5-12(21)19(11)6-8)7-23-14-18-17-9(2)13(22)20(14)15/h3-6H,7,15H2,1-2H3. The first-order chi connectivity index (χ1) is 11.0. The molecule has 0 unspecified atom stereocenters. The van der Waals surface area contributed by atoms with Crippen LogP contribution in [0.2, 0.25) is 0 Å². The molecule has 0 radical (unpaired) electrons. The van der Waals surface area contributed by atoms with Gasteiger partial charge in [-0.2, -0.15) is 4.68 Å². The Bertz CT molecular complexity index is 1010. The minimum Gasteiger partial charge on any atom is -0.334 e. The van der Waals surface area contributed by atoms with Gasteiger partial charge in [0.25, 0.3) is 11.1 Å². The molecule has 0 aliphatic heterocycles. The number of pyridine rings is 1. The lowest BCUT2D eigenvalue weighted by molar-refractivity contribution is 0.681. The van der Waals surface area contributed by atoms with Crippen molar-refractivity contribution in [1.82, 2.24) is 24.3 Å². The largest absolute Gasteiger partial charge is 0.334 e. The Morgan fingerprint density at radius 2 is 2.00 bits per heavy atom. The molecule has 3 aromatic rings. The summed E-state index contributed by atoms with van der Waals surface area (Å²) in [4.78, 5) is 28.3. The van der Waals surface area contributed by atoms with Gasteiger partial charge in [0, 0.05) is 18.0 Å². The SMILES string of the molecule is Cc1ccc2nc(CSc3nnc(C)c(=O)n3N)cc(=O)n2c1. The molecule has 9 heteroatoms. The van der Waals surface area contributed by atoms with E-state index in [9.17, 15) is 9.59 Å². The van der Waals surface area contributed by atoms with Gasteiger partial charge in [-0.25, -0.2) is 4.98 Å². The minimum absolute atomic E-state index is 0.158. The van der Waals surface area contributed by atoms with E-state index in [-0.39, 0.29) is 16.4 Å². The van der Waals surface area contributed by atoms with E-state index < -0.39 is 5.56 Å². The van der Waals surface area contributed by atoms with Crippen LogP contribution in [-0.2, 0) is 5.75 Å². The molecule has 3 aromatic heterocycles. The number of fused-ring (bicyclic) bond motifs is 1. The molecule has 0 atom stereocenters. The van der Waals surface area contributed by atoms with E-state index in [4.69, 9.17) is 5.84 Å². The summed E-state index contributed by atoms with van der Waals surface area (Å²) in [6, 6.07) is 5.14. The zero-order valence-electron chi connectivity index (χ0n) is 12.6. The normalized spacial score (nSPS) is 11.0. The molecule has 0 saturated heterocycles. The van der Waals surface area contributed by atoms with Crippen LogP contribution < -0.4 is 17.0 Å². The van der Waals surface area contributed by atoms with Crippen molar-refractivity contribution in [2.75, 3.05) is 5.84 Å². The third kappa shape index (κ3) is 2.95. The van der Waals surface area contributed by atoms with Crippen molar-refractivity contribution in [3.63, 3.8) is 0 Å². The van der Waals surface area contributed by atoms with Crippen molar-refractivity contribution >= 4 is 17.4 Å². The lowest BCUT2D eigenvalue weighted by Crippen LogP contribution is -2.32. The number of thioether (sulfide) groups is 1. The molecule has 2 N–H and O–H groups in total. The van der Waals surface area contributed by atoms with Crippen LogP contribution in [0.4, 0.5) is 0 Å². The maximum atomic E-state index is 12.1. The Morgan fingerprint density at radius 3 is 2.78 bits per heavy atom. The molecule has 0 amide bonds. The maximum absolute atomic E-state index is 12.1. The van der Waals surface area contributed by atoms with Gasteiger partial charge in [0.1, 0.15) is 11.3 Å². The topological polar surface area (TPSA) is 108 Å². The van der Waals surface area contributed by atoms with E-state index in [1.807, 2.05) is 13.0 Å². The summed E-state index contributed by atoms with van der Waals surface area (Å²) in [6.45, 7) is 3.45. The second-order valence-electron chi connectivity index (χ2n) is 5.05. The molecule has 3 rings (SSSR count). The molecule has 3 heterocycles. The number of nitrogens with two attached hydrogens (primary N) is 1. The van der Waals surface area contributed by atoms with Crippen molar-refractivity contribution in [3.8, 4) is 0 Å². The van der Waals surface area contributed by atoms with Crippen LogP contribution in [0.1, 0.15) is 17.0 Å². The number of nitrogen functional groups attached to an aromatic ring is 1. The Balaban J connectivity index is 1.91. The summed E-state index contributed by atoms with van der Waals surface area (Å²) in [6.07, 6.45) is 1.74. The number of aromatic nitrogens is 5. The van der Waals surface area contributed by atoms with Crippen LogP contribution >= 0.6 is 11.8 Å². The lowest BCUT2D eigenvalue weighted by Gasteiger charge is -2.07. The van der Waals surface area contributed by atoms with Gasteiger partial charge in [-0.1, -0.05) is 17.8 Å². The van der Waals surface area contributed by atoms with Gasteiger partial charge < -0.3 is 5.84 Å². The summed E-state index contributed by atoms with van der Waals surface area (Å²) < 4.78 is 2.44. The third-order valence-electron chi connectivity index (χ3n) is 3.23. The summed E-state index contributed by atoms with van der Waals surface area (Å²) >= 11 is 1.20. The monoisotopic (exact) mass is 330 g/mol. The fourth-order valence-corrected chi connectivity index (χ4v) is 2.78. The van der Waals surface area contributed by atoms with Crippen LogP contribution in [0.15, 0.2) is 39.1 Å². The van der Waals surface area contributed by atoms with E-state index in [2.05, 4.69) is 15.2 Å². The number of hydrogen-bond donors (Lipinski definition) is 1. The van der Waals surface area contributed by atoms with Gasteiger partial charge >= 0.3 is 0 Å². The van der Waals surface area contributed by atoms with E-state index in [0.717, 1.165) is 10.2 Å². The number of rotatable bonds is 3. The van der Waals surface area contributed by atoms with Crippen molar-refractivity contribution in [1.29, 1.82) is 0 Å². The number of nitrogens with zero attached hydrogens (tertiary/aromatic N) is 5. The van der Waals surface area contributed by atoms with Crippen LogP contribution in [0.3, 0.4) is 0 Å². The average molecular weight is 330 g/mol. The van der Waals surface area contributed by atoms with Gasteiger partial charge in [0.15, 0.2) is 0 Å². The van der Waals surface area contributed by atoms with Crippen molar-refractivity contribution < 1.29 is 0 Å². The molecule has 23 heavy (non-hydrogen) atoms. The predicted molar refractivity (Wildman–Crippen MR) is 86.9 cm³/mol. The van der Waals surface area contributed by atoms with Gasteiger partial charge in [-0.15, -0.1) is 10.2 Å². The van der Waals surface area contributed by atoms with E-state index in [1.54, 1.807) is 19.2 Å². The van der Waals surface area contributed by atoms with Crippen molar-refractivity contribution in [2.45, 2.75) is 24.8 Å². The van der Waals surface area contributed by atoms with Crippen molar-refractivity contribution in [2.24, 2.45) is 0 Å². The van der Waals surface area contributed by atoms with Crippen LogP contribution in [0.25, 0.3) is 5.65 Å². The summed E-state index contributed by atoms with van der Waals surface area (Å²) in [5, 5.41) is 7.92. The van der Waals surface area contributed by atoms with Gasteiger partial charge in [-0.3, -0.25) is 14.0 Å². The third-order valence-corrected chi connectivity index (χ3v) is 4.21. The Kier molecular flexibility index (Phi) is 3.87. The smallest absolute Gasteiger partial charge is 0.294 e. The molecule has 118 valence electrons. The molecular weight excluding hydrogens is 316 g/mol.